The molecule has 2 aromatic heterocycles. The highest BCUT2D eigenvalue weighted by Gasteiger charge is 2.28. The van der Waals surface area contributed by atoms with E-state index in [2.05, 4.69) is 9.97 Å². The monoisotopic (exact) mass is 332 g/mol. The van der Waals surface area contributed by atoms with E-state index in [0.717, 1.165) is 37.1 Å². The second-order valence-corrected chi connectivity index (χ2v) is 6.27. The number of fused-ring (bicyclic) bond motifs is 1. The van der Waals surface area contributed by atoms with Gasteiger partial charge in [0.1, 0.15) is 0 Å². The summed E-state index contributed by atoms with van der Waals surface area (Å²) in [6.07, 6.45) is 12.2. The smallest absolute Gasteiger partial charge is 0.247 e. The molecule has 5 nitrogen and oxygen atoms in total. The lowest BCUT2D eigenvalue weighted by molar-refractivity contribution is -0.129. The Labute approximate surface area is 146 Å². The van der Waals surface area contributed by atoms with E-state index in [-0.39, 0.29) is 11.9 Å². The molecule has 0 radical (unpaired) electrons. The standard InChI is InChI=1S/C20H20N4O/c25-19(10-9-16-6-2-1-3-7-16)24-13-5-4-8-18(24)17-11-14-23-15-12-21-20(23)22-17/h1-3,6-7,9-12,14-15,18H,4-5,8,13H2/b10-9+/t18-/m0/s1. The number of hydrogen-bond acceptors (Lipinski definition) is 3. The Bertz CT molecular complexity index is 900. The van der Waals surface area contributed by atoms with Crippen LogP contribution in [0.15, 0.2) is 61.1 Å². The summed E-state index contributed by atoms with van der Waals surface area (Å²) in [6, 6.07) is 11.9. The second-order valence-electron chi connectivity index (χ2n) is 6.27. The number of benzene rings is 1. The van der Waals surface area contributed by atoms with Crippen molar-refractivity contribution in [3.8, 4) is 0 Å². The van der Waals surface area contributed by atoms with Gasteiger partial charge in [-0.2, -0.15) is 0 Å². The van der Waals surface area contributed by atoms with Crippen LogP contribution in [0, 0.1) is 0 Å². The van der Waals surface area contributed by atoms with Gasteiger partial charge in [-0.3, -0.25) is 9.20 Å². The van der Waals surface area contributed by atoms with Gasteiger partial charge in [0.2, 0.25) is 11.7 Å². The van der Waals surface area contributed by atoms with Crippen molar-refractivity contribution in [2.24, 2.45) is 0 Å². The molecule has 0 bridgehead atoms. The number of carbonyl (C=O) groups is 1. The number of piperidine rings is 1. The highest BCUT2D eigenvalue weighted by molar-refractivity contribution is 5.92. The quantitative estimate of drug-likeness (QED) is 0.690. The molecule has 1 saturated heterocycles. The van der Waals surface area contributed by atoms with E-state index in [0.29, 0.717) is 5.78 Å². The molecular formula is C20H20N4O. The molecule has 3 aromatic rings. The highest BCUT2D eigenvalue weighted by Crippen LogP contribution is 2.30. The van der Waals surface area contributed by atoms with Crippen LogP contribution in [-0.4, -0.2) is 31.7 Å². The average Bonchev–Trinajstić information content (AvgIpc) is 3.15. The van der Waals surface area contributed by atoms with Crippen LogP contribution in [0.5, 0.6) is 0 Å². The fraction of sp³-hybridized carbons (Fsp3) is 0.250. The molecule has 1 aromatic carbocycles. The van der Waals surface area contributed by atoms with Gasteiger partial charge in [0.05, 0.1) is 11.7 Å². The third-order valence-corrected chi connectivity index (χ3v) is 4.63. The molecule has 1 atom stereocenters. The number of aromatic nitrogens is 3. The Kier molecular flexibility index (Phi) is 4.29. The van der Waals surface area contributed by atoms with E-state index < -0.39 is 0 Å². The summed E-state index contributed by atoms with van der Waals surface area (Å²) in [5.74, 6) is 0.717. The fourth-order valence-electron chi connectivity index (χ4n) is 3.33. The lowest BCUT2D eigenvalue weighted by atomic mass is 9.99. The van der Waals surface area contributed by atoms with E-state index in [9.17, 15) is 4.79 Å². The van der Waals surface area contributed by atoms with Gasteiger partial charge < -0.3 is 4.90 Å². The molecule has 126 valence electrons. The highest BCUT2D eigenvalue weighted by atomic mass is 16.2. The van der Waals surface area contributed by atoms with Gasteiger partial charge in [-0.05, 0) is 37.0 Å². The maximum absolute atomic E-state index is 12.8. The van der Waals surface area contributed by atoms with Crippen LogP contribution in [0.1, 0.15) is 36.6 Å². The van der Waals surface area contributed by atoms with Crippen molar-refractivity contribution in [1.82, 2.24) is 19.3 Å². The van der Waals surface area contributed by atoms with Gasteiger partial charge in [-0.15, -0.1) is 0 Å². The van der Waals surface area contributed by atoms with Crippen molar-refractivity contribution in [3.63, 3.8) is 0 Å². The van der Waals surface area contributed by atoms with E-state index in [4.69, 9.17) is 0 Å². The number of likely N-dealkylation sites (tertiary alicyclic amines) is 1. The normalized spacial score (nSPS) is 18.1. The number of rotatable bonds is 3. The number of imidazole rings is 1. The SMILES string of the molecule is O=C(/C=C/c1ccccc1)N1CCCC[C@H]1c1ccn2ccnc2n1. The number of carbonyl (C=O) groups excluding carboxylic acids is 1. The lowest BCUT2D eigenvalue weighted by Crippen LogP contribution is -2.37. The van der Waals surface area contributed by atoms with Gasteiger partial charge >= 0.3 is 0 Å². The maximum atomic E-state index is 12.8. The molecule has 3 heterocycles. The van der Waals surface area contributed by atoms with Gasteiger partial charge in [-0.25, -0.2) is 9.97 Å². The lowest BCUT2D eigenvalue weighted by Gasteiger charge is -2.34. The summed E-state index contributed by atoms with van der Waals surface area (Å²) in [7, 11) is 0. The van der Waals surface area contributed by atoms with Crippen molar-refractivity contribution in [2.75, 3.05) is 6.54 Å². The summed E-state index contributed by atoms with van der Waals surface area (Å²) in [5, 5.41) is 0. The molecule has 0 aliphatic carbocycles. The molecule has 1 aliphatic heterocycles. The van der Waals surface area contributed by atoms with Crippen LogP contribution in [0.4, 0.5) is 0 Å². The molecule has 0 saturated carbocycles. The van der Waals surface area contributed by atoms with Crippen LogP contribution in [0.3, 0.4) is 0 Å². The average molecular weight is 332 g/mol. The molecule has 1 fully saturated rings. The van der Waals surface area contributed by atoms with Gasteiger partial charge in [0.25, 0.3) is 0 Å². The van der Waals surface area contributed by atoms with Gasteiger partial charge in [0, 0.05) is 31.2 Å². The minimum atomic E-state index is 0.0170. The predicted molar refractivity (Wildman–Crippen MR) is 96.8 cm³/mol. The second kappa shape index (κ2) is 6.89. The van der Waals surface area contributed by atoms with Crippen molar-refractivity contribution in [1.29, 1.82) is 0 Å². The van der Waals surface area contributed by atoms with E-state index in [1.807, 2.05) is 64.2 Å². The predicted octanol–water partition coefficient (Wildman–Crippen LogP) is 3.50. The minimum Gasteiger partial charge on any atom is -0.331 e. The van der Waals surface area contributed by atoms with Gasteiger partial charge in [-0.1, -0.05) is 30.3 Å². The van der Waals surface area contributed by atoms with Gasteiger partial charge in [0.15, 0.2) is 0 Å². The molecular weight excluding hydrogens is 312 g/mol. The topological polar surface area (TPSA) is 50.5 Å². The Morgan fingerprint density at radius 2 is 2.00 bits per heavy atom. The van der Waals surface area contributed by atoms with Crippen molar-refractivity contribution >= 4 is 17.8 Å². The Morgan fingerprint density at radius 3 is 2.88 bits per heavy atom. The maximum Gasteiger partial charge on any atom is 0.247 e. The van der Waals surface area contributed by atoms with Crippen molar-refractivity contribution < 1.29 is 4.79 Å². The minimum absolute atomic E-state index is 0.0170. The molecule has 0 unspecified atom stereocenters. The molecule has 25 heavy (non-hydrogen) atoms. The summed E-state index contributed by atoms with van der Waals surface area (Å²) in [5.41, 5.74) is 1.95. The summed E-state index contributed by atoms with van der Waals surface area (Å²) < 4.78 is 1.88. The zero-order chi connectivity index (χ0) is 17.1. The van der Waals surface area contributed by atoms with Crippen LogP contribution in [0.2, 0.25) is 0 Å². The number of amides is 1. The third-order valence-electron chi connectivity index (χ3n) is 4.63. The van der Waals surface area contributed by atoms with Crippen LogP contribution >= 0.6 is 0 Å². The number of nitrogens with zero attached hydrogens (tertiary/aromatic N) is 4. The fourth-order valence-corrected chi connectivity index (χ4v) is 3.33. The summed E-state index contributed by atoms with van der Waals surface area (Å²) >= 11 is 0. The number of hydrogen-bond donors (Lipinski definition) is 0. The van der Waals surface area contributed by atoms with E-state index >= 15 is 0 Å². The molecule has 1 amide bonds. The third kappa shape index (κ3) is 3.31. The zero-order valence-electron chi connectivity index (χ0n) is 14.0. The summed E-state index contributed by atoms with van der Waals surface area (Å²) in [4.78, 5) is 23.6. The Balaban J connectivity index is 1.57. The first-order valence-electron chi connectivity index (χ1n) is 8.64. The largest absolute Gasteiger partial charge is 0.331 e. The van der Waals surface area contributed by atoms with Crippen LogP contribution in [-0.2, 0) is 4.79 Å². The molecule has 1 aliphatic rings. The molecule has 0 spiro atoms. The molecule has 5 heteroatoms. The first-order valence-corrected chi connectivity index (χ1v) is 8.64. The molecule has 4 rings (SSSR count). The first kappa shape index (κ1) is 15.6. The van der Waals surface area contributed by atoms with Crippen LogP contribution < -0.4 is 0 Å². The van der Waals surface area contributed by atoms with E-state index in [1.54, 1.807) is 12.3 Å². The van der Waals surface area contributed by atoms with Crippen molar-refractivity contribution in [2.45, 2.75) is 25.3 Å². The Morgan fingerprint density at radius 1 is 1.12 bits per heavy atom. The van der Waals surface area contributed by atoms with Crippen molar-refractivity contribution in [3.05, 3.63) is 72.3 Å². The summed E-state index contributed by atoms with van der Waals surface area (Å²) in [6.45, 7) is 0.768. The zero-order valence-corrected chi connectivity index (χ0v) is 14.0. The first-order chi connectivity index (χ1) is 12.3. The molecule has 0 N–H and O–H groups in total. The Hall–Kier alpha value is -2.95. The van der Waals surface area contributed by atoms with E-state index in [1.165, 1.54) is 0 Å². The van der Waals surface area contributed by atoms with Crippen LogP contribution in [0.25, 0.3) is 11.9 Å².